The van der Waals surface area contributed by atoms with Crippen molar-refractivity contribution in [3.63, 3.8) is 0 Å². The van der Waals surface area contributed by atoms with Gasteiger partial charge in [-0.2, -0.15) is 0 Å². The first-order valence-electron chi connectivity index (χ1n) is 8.14. The number of hydrogen-bond acceptors (Lipinski definition) is 5. The molecule has 4 rings (SSSR count). The number of hydrogen-bond donors (Lipinski definition) is 1. The van der Waals surface area contributed by atoms with Crippen LogP contribution in [0.1, 0.15) is 5.56 Å². The second-order valence-corrected chi connectivity index (χ2v) is 9.53. The van der Waals surface area contributed by atoms with Crippen LogP contribution in [-0.4, -0.2) is 18.4 Å². The lowest BCUT2D eigenvalue weighted by molar-refractivity contribution is 0.601. The molecule has 0 spiro atoms. The lowest BCUT2D eigenvalue weighted by Crippen LogP contribution is -2.13. The number of thiazole rings is 1. The molecule has 0 aliphatic carbocycles. The van der Waals surface area contributed by atoms with Crippen LogP contribution >= 0.6 is 34.5 Å². The minimum absolute atomic E-state index is 0.0379. The Hall–Kier alpha value is -2.19. The van der Waals surface area contributed by atoms with E-state index < -0.39 is 10.0 Å². The SMILES string of the molecule is Cc1ccc(-c2nc3cccnc3s2)cc1NS(=O)(=O)c1ccc(Cl)c(Cl)c1. The van der Waals surface area contributed by atoms with E-state index in [4.69, 9.17) is 23.2 Å². The summed E-state index contributed by atoms with van der Waals surface area (Å²) in [6, 6.07) is 13.4. The summed E-state index contributed by atoms with van der Waals surface area (Å²) in [6.07, 6.45) is 1.72. The maximum atomic E-state index is 12.8. The Balaban J connectivity index is 1.71. The quantitative estimate of drug-likeness (QED) is 0.428. The summed E-state index contributed by atoms with van der Waals surface area (Å²) < 4.78 is 28.2. The summed E-state index contributed by atoms with van der Waals surface area (Å²) in [5.41, 5.74) is 2.86. The summed E-state index contributed by atoms with van der Waals surface area (Å²) >= 11 is 13.3. The molecule has 1 N–H and O–H groups in total. The molecule has 5 nitrogen and oxygen atoms in total. The zero-order valence-corrected chi connectivity index (χ0v) is 17.6. The highest BCUT2D eigenvalue weighted by molar-refractivity contribution is 7.92. The van der Waals surface area contributed by atoms with Crippen molar-refractivity contribution < 1.29 is 8.42 Å². The molecule has 0 atom stereocenters. The van der Waals surface area contributed by atoms with E-state index in [1.54, 1.807) is 12.3 Å². The van der Waals surface area contributed by atoms with Gasteiger partial charge in [-0.3, -0.25) is 4.72 Å². The van der Waals surface area contributed by atoms with Gasteiger partial charge in [-0.05, 0) is 48.9 Å². The highest BCUT2D eigenvalue weighted by Crippen LogP contribution is 2.32. The van der Waals surface area contributed by atoms with Gasteiger partial charge in [0.25, 0.3) is 10.0 Å². The first kappa shape index (κ1) is 19.1. The molecule has 2 aromatic carbocycles. The van der Waals surface area contributed by atoms with E-state index in [1.165, 1.54) is 29.5 Å². The predicted octanol–water partition coefficient (Wildman–Crippen LogP) is 5.77. The third kappa shape index (κ3) is 3.71. The number of sulfonamides is 1. The maximum Gasteiger partial charge on any atom is 0.261 e. The molecule has 28 heavy (non-hydrogen) atoms. The van der Waals surface area contributed by atoms with E-state index in [-0.39, 0.29) is 9.92 Å². The van der Waals surface area contributed by atoms with Crippen molar-refractivity contribution in [1.29, 1.82) is 0 Å². The highest BCUT2D eigenvalue weighted by Gasteiger charge is 2.18. The topological polar surface area (TPSA) is 72.0 Å². The van der Waals surface area contributed by atoms with Crippen LogP contribution in [0.25, 0.3) is 20.9 Å². The number of aryl methyl sites for hydroxylation is 1. The molecule has 0 saturated heterocycles. The van der Waals surface area contributed by atoms with E-state index in [0.29, 0.717) is 10.7 Å². The Morgan fingerprint density at radius 3 is 2.61 bits per heavy atom. The number of pyridine rings is 1. The van der Waals surface area contributed by atoms with Gasteiger partial charge in [0.15, 0.2) is 0 Å². The van der Waals surface area contributed by atoms with Crippen LogP contribution < -0.4 is 4.72 Å². The highest BCUT2D eigenvalue weighted by atomic mass is 35.5. The summed E-state index contributed by atoms with van der Waals surface area (Å²) in [7, 11) is -3.82. The van der Waals surface area contributed by atoms with Crippen LogP contribution in [0.15, 0.2) is 59.6 Å². The fraction of sp³-hybridized carbons (Fsp3) is 0.0526. The third-order valence-electron chi connectivity index (χ3n) is 4.10. The molecule has 0 aliphatic heterocycles. The van der Waals surface area contributed by atoms with Crippen molar-refractivity contribution in [2.45, 2.75) is 11.8 Å². The van der Waals surface area contributed by atoms with Gasteiger partial charge in [0.2, 0.25) is 0 Å². The Morgan fingerprint density at radius 2 is 1.86 bits per heavy atom. The number of halogens is 2. The normalized spacial score (nSPS) is 11.7. The van der Waals surface area contributed by atoms with Crippen molar-refractivity contribution in [2.24, 2.45) is 0 Å². The first-order valence-corrected chi connectivity index (χ1v) is 11.2. The number of fused-ring (bicyclic) bond motifs is 1. The average Bonchev–Trinajstić information content (AvgIpc) is 3.09. The van der Waals surface area contributed by atoms with E-state index in [2.05, 4.69) is 14.7 Å². The van der Waals surface area contributed by atoms with Crippen LogP contribution in [-0.2, 0) is 10.0 Å². The van der Waals surface area contributed by atoms with E-state index in [1.807, 2.05) is 31.2 Å². The first-order chi connectivity index (χ1) is 13.3. The number of rotatable bonds is 4. The molecule has 0 saturated carbocycles. The van der Waals surface area contributed by atoms with Gasteiger partial charge in [0.05, 0.1) is 20.6 Å². The molecule has 0 unspecified atom stereocenters. The Kier molecular flexibility index (Phi) is 5.01. The van der Waals surface area contributed by atoms with Crippen LogP contribution in [0.4, 0.5) is 5.69 Å². The largest absolute Gasteiger partial charge is 0.279 e. The molecule has 142 valence electrons. The molecular formula is C19H13Cl2N3O2S2. The summed E-state index contributed by atoms with van der Waals surface area (Å²) in [4.78, 5) is 9.75. The van der Waals surface area contributed by atoms with Gasteiger partial charge in [0, 0.05) is 11.8 Å². The minimum Gasteiger partial charge on any atom is -0.279 e. The van der Waals surface area contributed by atoms with Gasteiger partial charge in [0.1, 0.15) is 15.4 Å². The number of anilines is 1. The predicted molar refractivity (Wildman–Crippen MR) is 115 cm³/mol. The monoisotopic (exact) mass is 449 g/mol. The van der Waals surface area contributed by atoms with Crippen molar-refractivity contribution in [2.75, 3.05) is 4.72 Å². The van der Waals surface area contributed by atoms with Crippen LogP contribution in [0.2, 0.25) is 10.0 Å². The van der Waals surface area contributed by atoms with E-state index in [0.717, 1.165) is 26.5 Å². The maximum absolute atomic E-state index is 12.8. The Labute approximate surface area is 176 Å². The third-order valence-corrected chi connectivity index (χ3v) is 7.23. The van der Waals surface area contributed by atoms with Gasteiger partial charge < -0.3 is 0 Å². The summed E-state index contributed by atoms with van der Waals surface area (Å²) in [5.74, 6) is 0. The summed E-state index contributed by atoms with van der Waals surface area (Å²) in [6.45, 7) is 1.83. The number of benzene rings is 2. The van der Waals surface area contributed by atoms with Gasteiger partial charge in [-0.1, -0.05) is 46.7 Å². The average molecular weight is 450 g/mol. The smallest absolute Gasteiger partial charge is 0.261 e. The van der Waals surface area contributed by atoms with Crippen molar-refractivity contribution in [3.05, 3.63) is 70.3 Å². The zero-order valence-electron chi connectivity index (χ0n) is 14.5. The van der Waals surface area contributed by atoms with Crippen molar-refractivity contribution >= 4 is 60.6 Å². The Bertz CT molecular complexity index is 1270. The molecule has 2 heterocycles. The summed E-state index contributed by atoms with van der Waals surface area (Å²) in [5, 5.41) is 1.24. The molecule has 0 amide bonds. The number of aromatic nitrogens is 2. The van der Waals surface area contributed by atoms with Crippen molar-refractivity contribution in [1.82, 2.24) is 9.97 Å². The standard InChI is InChI=1S/C19H13Cl2N3O2S2/c1-11-4-5-12(18-23-16-3-2-8-22-19(16)27-18)9-17(11)24-28(25,26)13-6-7-14(20)15(21)10-13/h2-10,24H,1H3. The zero-order chi connectivity index (χ0) is 19.9. The second-order valence-electron chi connectivity index (χ2n) is 6.06. The molecular weight excluding hydrogens is 437 g/mol. The molecule has 9 heteroatoms. The number of nitrogens with zero attached hydrogens (tertiary/aromatic N) is 2. The number of nitrogens with one attached hydrogen (secondary N) is 1. The van der Waals surface area contributed by atoms with E-state index >= 15 is 0 Å². The fourth-order valence-corrected chi connectivity index (χ4v) is 5.02. The molecule has 0 aliphatic rings. The van der Waals surface area contributed by atoms with E-state index in [9.17, 15) is 8.42 Å². The lowest BCUT2D eigenvalue weighted by atomic mass is 10.1. The molecule has 0 radical (unpaired) electrons. The van der Waals surface area contributed by atoms with Gasteiger partial charge >= 0.3 is 0 Å². The van der Waals surface area contributed by atoms with Gasteiger partial charge in [-0.15, -0.1) is 0 Å². The molecule has 0 fully saturated rings. The fourth-order valence-electron chi connectivity index (χ4n) is 2.61. The van der Waals surface area contributed by atoms with Crippen LogP contribution in [0.5, 0.6) is 0 Å². The van der Waals surface area contributed by atoms with Gasteiger partial charge in [-0.25, -0.2) is 18.4 Å². The van der Waals surface area contributed by atoms with Crippen molar-refractivity contribution in [3.8, 4) is 10.6 Å². The van der Waals surface area contributed by atoms with Crippen LogP contribution in [0.3, 0.4) is 0 Å². The molecule has 2 aromatic heterocycles. The minimum atomic E-state index is -3.82. The molecule has 0 bridgehead atoms. The van der Waals surface area contributed by atoms with Crippen LogP contribution in [0, 0.1) is 6.92 Å². The lowest BCUT2D eigenvalue weighted by Gasteiger charge is -2.12. The molecule has 4 aromatic rings. The Morgan fingerprint density at radius 1 is 1.04 bits per heavy atom. The second kappa shape index (κ2) is 7.33.